The van der Waals surface area contributed by atoms with Crippen LogP contribution in [0, 0.1) is 0 Å². The molecule has 0 radical (unpaired) electrons. The lowest BCUT2D eigenvalue weighted by atomic mass is 10.2. The zero-order valence-electron chi connectivity index (χ0n) is 6.57. The van der Waals surface area contributed by atoms with Gasteiger partial charge in [0.25, 0.3) is 0 Å². The molecule has 5 heteroatoms. The smallest absolute Gasteiger partial charge is 0.224 e. The molecule has 0 fully saturated rings. The Kier molecular flexibility index (Phi) is 2.36. The van der Waals surface area contributed by atoms with E-state index < -0.39 is 10.0 Å². The van der Waals surface area contributed by atoms with E-state index in [2.05, 4.69) is 6.58 Å². The van der Waals surface area contributed by atoms with E-state index in [0.717, 1.165) is 22.5 Å². The third kappa shape index (κ3) is 1.94. The lowest BCUT2D eigenvalue weighted by Gasteiger charge is -1.90. The van der Waals surface area contributed by atoms with E-state index in [9.17, 15) is 8.42 Å². The van der Waals surface area contributed by atoms with Crippen LogP contribution in [0.3, 0.4) is 0 Å². The molecule has 0 unspecified atom stereocenters. The number of sulfonamides is 1. The molecular weight excluding hydrogens is 194 g/mol. The van der Waals surface area contributed by atoms with Gasteiger partial charge in [-0.2, -0.15) is 0 Å². The lowest BCUT2D eigenvalue weighted by Crippen LogP contribution is -2.09. The van der Waals surface area contributed by atoms with Crippen LogP contribution in [0.15, 0.2) is 22.2 Å². The molecule has 1 rings (SSSR count). The topological polar surface area (TPSA) is 60.2 Å². The summed E-state index contributed by atoms with van der Waals surface area (Å²) in [6.45, 7) is 5.51. The van der Waals surface area contributed by atoms with Crippen molar-refractivity contribution >= 4 is 26.9 Å². The molecule has 0 bridgehead atoms. The second-order valence-corrected chi connectivity index (χ2v) is 5.18. The van der Waals surface area contributed by atoms with E-state index in [1.54, 1.807) is 5.38 Å². The van der Waals surface area contributed by atoms with Crippen molar-refractivity contribution in [2.45, 2.75) is 11.1 Å². The highest BCUT2D eigenvalue weighted by atomic mass is 32.2. The third-order valence-corrected chi connectivity index (χ3v) is 3.73. The third-order valence-electron chi connectivity index (χ3n) is 1.35. The minimum absolute atomic E-state index is 0.181. The van der Waals surface area contributed by atoms with Gasteiger partial charge in [-0.05, 0) is 23.9 Å². The molecule has 0 spiro atoms. The van der Waals surface area contributed by atoms with Gasteiger partial charge in [-0.15, -0.1) is 11.3 Å². The summed E-state index contributed by atoms with van der Waals surface area (Å²) in [5, 5.41) is 6.65. The highest BCUT2D eigenvalue weighted by Gasteiger charge is 2.10. The normalized spacial score (nSPS) is 11.5. The van der Waals surface area contributed by atoms with Crippen LogP contribution in [0.1, 0.15) is 12.5 Å². The fraction of sp³-hybridized carbons (Fsp3) is 0.143. The van der Waals surface area contributed by atoms with Crippen molar-refractivity contribution < 1.29 is 8.42 Å². The van der Waals surface area contributed by atoms with Crippen molar-refractivity contribution in [1.82, 2.24) is 0 Å². The minimum atomic E-state index is -3.54. The number of rotatable bonds is 2. The summed E-state index contributed by atoms with van der Waals surface area (Å²) in [6, 6.07) is 1.53. The summed E-state index contributed by atoms with van der Waals surface area (Å²) in [4.78, 5) is 0. The van der Waals surface area contributed by atoms with Crippen molar-refractivity contribution in [2.75, 3.05) is 0 Å². The summed E-state index contributed by atoms with van der Waals surface area (Å²) in [7, 11) is -3.54. The summed E-state index contributed by atoms with van der Waals surface area (Å²) in [5.41, 5.74) is 1.66. The van der Waals surface area contributed by atoms with Crippen LogP contribution in [0.4, 0.5) is 0 Å². The first-order valence-electron chi connectivity index (χ1n) is 3.18. The summed E-state index contributed by atoms with van der Waals surface area (Å²) >= 11 is 1.11. The van der Waals surface area contributed by atoms with Gasteiger partial charge in [0.15, 0.2) is 0 Å². The van der Waals surface area contributed by atoms with Gasteiger partial charge < -0.3 is 0 Å². The molecule has 0 saturated heterocycles. The Morgan fingerprint density at radius 2 is 2.25 bits per heavy atom. The molecule has 2 N–H and O–H groups in total. The van der Waals surface area contributed by atoms with Gasteiger partial charge in [0, 0.05) is 0 Å². The second kappa shape index (κ2) is 3.01. The molecule has 1 aromatic heterocycles. The average Bonchev–Trinajstić information content (AvgIpc) is 2.30. The molecule has 1 aromatic rings. The zero-order valence-corrected chi connectivity index (χ0v) is 8.21. The fourth-order valence-corrected chi connectivity index (χ4v) is 2.37. The van der Waals surface area contributed by atoms with E-state index in [1.165, 1.54) is 6.07 Å². The van der Waals surface area contributed by atoms with Gasteiger partial charge in [-0.25, -0.2) is 13.6 Å². The van der Waals surface area contributed by atoms with Crippen molar-refractivity contribution in [2.24, 2.45) is 5.14 Å². The second-order valence-electron chi connectivity index (χ2n) is 2.48. The highest BCUT2D eigenvalue weighted by molar-refractivity contribution is 7.91. The zero-order chi connectivity index (χ0) is 9.35. The van der Waals surface area contributed by atoms with Crippen molar-refractivity contribution in [3.63, 3.8) is 0 Å². The Labute approximate surface area is 75.6 Å². The van der Waals surface area contributed by atoms with Crippen molar-refractivity contribution in [3.8, 4) is 0 Å². The van der Waals surface area contributed by atoms with Crippen molar-refractivity contribution in [1.29, 1.82) is 0 Å². The van der Waals surface area contributed by atoms with Gasteiger partial charge in [0.05, 0.1) is 0 Å². The first-order valence-corrected chi connectivity index (χ1v) is 5.61. The van der Waals surface area contributed by atoms with Gasteiger partial charge in [0.1, 0.15) is 4.21 Å². The van der Waals surface area contributed by atoms with E-state index in [-0.39, 0.29) is 4.21 Å². The Hall–Kier alpha value is -0.650. The number of thiophene rings is 1. The molecule has 0 saturated carbocycles. The van der Waals surface area contributed by atoms with Crippen molar-refractivity contribution in [3.05, 3.63) is 23.6 Å². The molecule has 0 aromatic carbocycles. The van der Waals surface area contributed by atoms with Gasteiger partial charge in [-0.1, -0.05) is 12.2 Å². The van der Waals surface area contributed by atoms with E-state index in [0.29, 0.717) is 0 Å². The molecule has 0 aliphatic carbocycles. The first-order chi connectivity index (χ1) is 5.41. The largest absolute Gasteiger partial charge is 0.247 e. The summed E-state index contributed by atoms with van der Waals surface area (Å²) in [6.07, 6.45) is 0. The van der Waals surface area contributed by atoms with Gasteiger partial charge in [0.2, 0.25) is 10.0 Å². The quantitative estimate of drug-likeness (QED) is 0.790. The fourth-order valence-electron chi connectivity index (χ4n) is 0.690. The van der Waals surface area contributed by atoms with Crippen LogP contribution in [0.5, 0.6) is 0 Å². The Morgan fingerprint density at radius 1 is 1.67 bits per heavy atom. The van der Waals surface area contributed by atoms with E-state index >= 15 is 0 Å². The van der Waals surface area contributed by atoms with Crippen LogP contribution in [-0.4, -0.2) is 8.42 Å². The maximum atomic E-state index is 10.8. The highest BCUT2D eigenvalue weighted by Crippen LogP contribution is 2.22. The number of hydrogen-bond acceptors (Lipinski definition) is 3. The Balaban J connectivity index is 3.17. The number of nitrogens with two attached hydrogens (primary N) is 1. The summed E-state index contributed by atoms with van der Waals surface area (Å²) in [5.74, 6) is 0. The molecule has 0 amide bonds. The standard InChI is InChI=1S/C7H9NO2S2/c1-5(2)6-3-7(11-4-6)12(8,9)10/h3-4H,1H2,2H3,(H2,8,9,10). The maximum Gasteiger partial charge on any atom is 0.247 e. The van der Waals surface area contributed by atoms with Crippen LogP contribution in [-0.2, 0) is 10.0 Å². The predicted molar refractivity (Wildman–Crippen MR) is 50.4 cm³/mol. The molecule has 3 nitrogen and oxygen atoms in total. The van der Waals surface area contributed by atoms with Gasteiger partial charge in [-0.3, -0.25) is 0 Å². The number of hydrogen-bond donors (Lipinski definition) is 1. The number of allylic oxidation sites excluding steroid dienone is 1. The molecule has 0 aliphatic rings. The first kappa shape index (κ1) is 9.44. The van der Waals surface area contributed by atoms with Crippen LogP contribution >= 0.6 is 11.3 Å². The Bertz CT molecular complexity index is 403. The molecular formula is C7H9NO2S2. The van der Waals surface area contributed by atoms with Crippen LogP contribution in [0.2, 0.25) is 0 Å². The SMILES string of the molecule is C=C(C)c1csc(S(N)(=O)=O)c1. The molecule has 0 aliphatic heterocycles. The minimum Gasteiger partial charge on any atom is -0.224 e. The molecule has 66 valence electrons. The molecule has 0 atom stereocenters. The monoisotopic (exact) mass is 203 g/mol. The number of primary sulfonamides is 1. The van der Waals surface area contributed by atoms with Crippen LogP contribution in [0.25, 0.3) is 5.57 Å². The van der Waals surface area contributed by atoms with E-state index in [1.807, 2.05) is 6.92 Å². The lowest BCUT2D eigenvalue weighted by molar-refractivity contribution is 0.600. The average molecular weight is 203 g/mol. The molecule has 1 heterocycles. The van der Waals surface area contributed by atoms with Crippen LogP contribution < -0.4 is 5.14 Å². The van der Waals surface area contributed by atoms with Gasteiger partial charge >= 0.3 is 0 Å². The molecule has 12 heavy (non-hydrogen) atoms. The predicted octanol–water partition coefficient (Wildman–Crippen LogP) is 1.43. The maximum absolute atomic E-state index is 10.8. The Morgan fingerprint density at radius 3 is 2.50 bits per heavy atom. The summed E-state index contributed by atoms with van der Waals surface area (Å²) < 4.78 is 21.8. The van der Waals surface area contributed by atoms with E-state index in [4.69, 9.17) is 5.14 Å².